The van der Waals surface area contributed by atoms with E-state index in [1.807, 2.05) is 23.8 Å². The van der Waals surface area contributed by atoms with E-state index in [1.54, 1.807) is 11.9 Å². The van der Waals surface area contributed by atoms with Crippen molar-refractivity contribution in [2.24, 2.45) is 0 Å². The van der Waals surface area contributed by atoms with Gasteiger partial charge in [0.1, 0.15) is 0 Å². The van der Waals surface area contributed by atoms with E-state index in [4.69, 9.17) is 10.0 Å². The molecule has 0 spiro atoms. The number of allylic oxidation sites excluding steroid dienone is 2. The fourth-order valence-electron chi connectivity index (χ4n) is 0.258. The van der Waals surface area contributed by atoms with Crippen molar-refractivity contribution in [3.8, 4) is 0 Å². The summed E-state index contributed by atoms with van der Waals surface area (Å²) in [6.07, 6.45) is 5.84. The summed E-state index contributed by atoms with van der Waals surface area (Å²) in [4.78, 5) is 0. The van der Waals surface area contributed by atoms with Gasteiger partial charge in [0.25, 0.3) is 0 Å². The zero-order valence-corrected chi connectivity index (χ0v) is 8.05. The Bertz CT molecular complexity index is 102. The standard InChI is InChI=1S/C4H5NS.BO2.Mg.H2O/c1-2-4-6-5-3-1;2-1-3;;/h1-5H;;;1H2/q;-2;+2;. The number of hydrogen-bond donors (Lipinski definition) is 1. The largest absolute Gasteiger partial charge is 2.00 e. The van der Waals surface area contributed by atoms with Crippen molar-refractivity contribution in [1.82, 2.24) is 4.72 Å². The molecule has 57 valence electrons. The first-order valence-corrected chi connectivity index (χ1v) is 3.08. The van der Waals surface area contributed by atoms with Gasteiger partial charge in [0.15, 0.2) is 0 Å². The van der Waals surface area contributed by atoms with Crippen molar-refractivity contribution in [2.75, 3.05) is 0 Å². The van der Waals surface area contributed by atoms with Crippen molar-refractivity contribution in [1.29, 1.82) is 0 Å². The minimum atomic E-state index is -0.500. The van der Waals surface area contributed by atoms with E-state index in [0.717, 1.165) is 0 Å². The Morgan fingerprint density at radius 1 is 1.27 bits per heavy atom. The van der Waals surface area contributed by atoms with Crippen LogP contribution in [-0.4, -0.2) is 36.2 Å². The Hall–Kier alpha value is 0.341. The van der Waals surface area contributed by atoms with Gasteiger partial charge < -0.3 is 20.2 Å². The van der Waals surface area contributed by atoms with E-state index in [9.17, 15) is 0 Å². The molecule has 1 radical (unpaired) electrons. The third-order valence-electron chi connectivity index (χ3n) is 0.490. The molecule has 0 atom stereocenters. The zero-order valence-electron chi connectivity index (χ0n) is 5.82. The van der Waals surface area contributed by atoms with E-state index < -0.39 is 7.69 Å². The fraction of sp³-hybridized carbons (Fsp3) is 0. The smallest absolute Gasteiger partial charge is 0.900 e. The zero-order chi connectivity index (χ0) is 6.95. The van der Waals surface area contributed by atoms with Gasteiger partial charge in [-0.2, -0.15) is 0 Å². The average Bonchev–Trinajstić information content (AvgIpc) is 1.93. The van der Waals surface area contributed by atoms with Crippen LogP contribution in [0.2, 0.25) is 0 Å². The second-order valence-corrected chi connectivity index (χ2v) is 1.76. The van der Waals surface area contributed by atoms with Gasteiger partial charge in [0.2, 0.25) is 0 Å². The molecule has 0 aliphatic carbocycles. The molecule has 0 aromatic carbocycles. The molecule has 0 fully saturated rings. The molecule has 1 aliphatic rings. The Morgan fingerprint density at radius 2 is 1.82 bits per heavy atom. The molecule has 11 heavy (non-hydrogen) atoms. The predicted molar refractivity (Wildman–Crippen MR) is 44.1 cm³/mol. The summed E-state index contributed by atoms with van der Waals surface area (Å²) in [6, 6.07) is 0. The molecule has 1 rings (SSSR count). The average molecular weight is 184 g/mol. The number of rotatable bonds is 0. The monoisotopic (exact) mass is 184 g/mol. The minimum absolute atomic E-state index is 0. The second-order valence-electron chi connectivity index (χ2n) is 1.02. The molecule has 0 bridgehead atoms. The van der Waals surface area contributed by atoms with Gasteiger partial charge in [-0.25, -0.2) is 7.69 Å². The summed E-state index contributed by atoms with van der Waals surface area (Å²) >= 11 is 1.58. The van der Waals surface area contributed by atoms with Crippen molar-refractivity contribution >= 4 is 42.7 Å². The first kappa shape index (κ1) is 17.4. The van der Waals surface area contributed by atoms with E-state index in [0.29, 0.717) is 0 Å². The van der Waals surface area contributed by atoms with Gasteiger partial charge in [-0.05, 0) is 23.4 Å². The van der Waals surface area contributed by atoms with Crippen LogP contribution in [0.25, 0.3) is 0 Å². The van der Waals surface area contributed by atoms with Crippen LogP contribution in [0.5, 0.6) is 0 Å². The van der Waals surface area contributed by atoms with Crippen LogP contribution in [0.1, 0.15) is 0 Å². The first-order chi connectivity index (χ1) is 4.41. The van der Waals surface area contributed by atoms with Crippen LogP contribution >= 0.6 is 11.9 Å². The maximum Gasteiger partial charge on any atom is 2.00 e. The quantitative estimate of drug-likeness (QED) is 0.328. The molecular formula is C4H7BMgNO3S. The Morgan fingerprint density at radius 3 is 1.91 bits per heavy atom. The van der Waals surface area contributed by atoms with E-state index >= 15 is 0 Å². The Kier molecular flexibility index (Phi) is 26.5. The molecule has 7 heteroatoms. The number of nitrogens with one attached hydrogen (secondary N) is 1. The van der Waals surface area contributed by atoms with Crippen LogP contribution in [0.4, 0.5) is 0 Å². The summed E-state index contributed by atoms with van der Waals surface area (Å²) in [5, 5.41) is 18.5. The van der Waals surface area contributed by atoms with Gasteiger partial charge >= 0.3 is 23.1 Å². The van der Waals surface area contributed by atoms with Gasteiger partial charge in [-0.3, -0.25) is 0 Å². The summed E-state index contributed by atoms with van der Waals surface area (Å²) in [6.45, 7) is 0. The van der Waals surface area contributed by atoms with Gasteiger partial charge in [0.05, 0.1) is 0 Å². The van der Waals surface area contributed by atoms with Crippen LogP contribution < -0.4 is 14.8 Å². The predicted octanol–water partition coefficient (Wildman–Crippen LogP) is -2.70. The van der Waals surface area contributed by atoms with Crippen LogP contribution in [-0.2, 0) is 0 Å². The maximum absolute atomic E-state index is 8.25. The summed E-state index contributed by atoms with van der Waals surface area (Å²) in [7, 11) is -0.500. The topological polar surface area (TPSA) is 89.7 Å². The Labute approximate surface area is 86.7 Å². The molecule has 4 nitrogen and oxygen atoms in total. The third kappa shape index (κ3) is 17.9. The molecule has 0 aromatic heterocycles. The fourth-order valence-corrected chi connectivity index (χ4v) is 0.663. The van der Waals surface area contributed by atoms with Gasteiger partial charge in [0, 0.05) is 6.20 Å². The molecule has 0 amide bonds. The molecule has 1 heterocycles. The molecule has 0 unspecified atom stereocenters. The normalized spacial score (nSPS) is 10.7. The molecule has 0 saturated carbocycles. The van der Waals surface area contributed by atoms with Crippen LogP contribution in [0.3, 0.4) is 0 Å². The molecular weight excluding hydrogens is 177 g/mol. The van der Waals surface area contributed by atoms with Crippen molar-refractivity contribution in [3.05, 3.63) is 23.8 Å². The molecule has 0 saturated heterocycles. The van der Waals surface area contributed by atoms with E-state index in [2.05, 4.69) is 4.72 Å². The SMILES string of the molecule is C1=CNSC=C1.O.[Mg+2].[O-][B][O-]. The van der Waals surface area contributed by atoms with Crippen molar-refractivity contribution < 1.29 is 15.5 Å². The summed E-state index contributed by atoms with van der Waals surface area (Å²) < 4.78 is 2.93. The summed E-state index contributed by atoms with van der Waals surface area (Å²) in [5.41, 5.74) is 0. The second kappa shape index (κ2) is 16.7. The van der Waals surface area contributed by atoms with Crippen LogP contribution in [0.15, 0.2) is 23.8 Å². The molecule has 1 aliphatic heterocycles. The number of hydrogen-bond acceptors (Lipinski definition) is 4. The summed E-state index contributed by atoms with van der Waals surface area (Å²) in [5.74, 6) is 0. The van der Waals surface area contributed by atoms with Crippen LogP contribution in [0, 0.1) is 0 Å². The maximum atomic E-state index is 8.25. The first-order valence-electron chi connectivity index (χ1n) is 2.20. The Balaban J connectivity index is -0.000000116. The van der Waals surface area contributed by atoms with Crippen molar-refractivity contribution in [2.45, 2.75) is 0 Å². The van der Waals surface area contributed by atoms with Crippen molar-refractivity contribution in [3.63, 3.8) is 0 Å². The van der Waals surface area contributed by atoms with Gasteiger partial charge in [-0.1, -0.05) is 6.08 Å². The van der Waals surface area contributed by atoms with E-state index in [1.165, 1.54) is 0 Å². The van der Waals surface area contributed by atoms with E-state index in [-0.39, 0.29) is 28.5 Å². The molecule has 0 aromatic rings. The third-order valence-corrected chi connectivity index (χ3v) is 1.06. The van der Waals surface area contributed by atoms with Gasteiger partial charge in [-0.15, -0.1) is 0 Å². The molecule has 3 N–H and O–H groups in total. The minimum Gasteiger partial charge on any atom is -0.900 e.